The van der Waals surface area contributed by atoms with Crippen molar-refractivity contribution >= 4 is 28.7 Å². The standard InChI is InChI=1S/C23H21N5O3S/c1-15(16-7-8-19-20(11-16)31-10-9-30-19)27-21(29)13-32-23-18-12-26-28(22(18)24-14-25-23)17-5-3-2-4-6-17/h2-8,11-12,14-15H,9-10,13H2,1H3,(H,27,29). The molecule has 1 aliphatic heterocycles. The number of para-hydroxylation sites is 1. The van der Waals surface area contributed by atoms with Crippen LogP contribution in [0, 0.1) is 0 Å². The Labute approximate surface area is 189 Å². The Balaban J connectivity index is 1.26. The van der Waals surface area contributed by atoms with E-state index in [1.54, 1.807) is 10.9 Å². The number of hydrogen-bond acceptors (Lipinski definition) is 7. The third-order valence-electron chi connectivity index (χ3n) is 5.11. The molecule has 4 aromatic rings. The Morgan fingerprint density at radius 3 is 2.78 bits per heavy atom. The highest BCUT2D eigenvalue weighted by Gasteiger charge is 2.17. The summed E-state index contributed by atoms with van der Waals surface area (Å²) in [4.78, 5) is 21.3. The van der Waals surface area contributed by atoms with E-state index in [0.29, 0.717) is 24.6 Å². The molecular weight excluding hydrogens is 426 g/mol. The fourth-order valence-electron chi connectivity index (χ4n) is 3.53. The molecule has 1 atom stereocenters. The van der Waals surface area contributed by atoms with Crippen LogP contribution < -0.4 is 14.8 Å². The maximum Gasteiger partial charge on any atom is 0.230 e. The maximum absolute atomic E-state index is 12.6. The van der Waals surface area contributed by atoms with Crippen LogP contribution in [0.5, 0.6) is 11.5 Å². The molecule has 0 aliphatic carbocycles. The molecular formula is C23H21N5O3S. The molecule has 5 rings (SSSR count). The minimum atomic E-state index is -0.162. The molecule has 8 nitrogen and oxygen atoms in total. The molecule has 0 spiro atoms. The van der Waals surface area contributed by atoms with Crippen molar-refractivity contribution in [1.82, 2.24) is 25.1 Å². The van der Waals surface area contributed by atoms with Gasteiger partial charge in [-0.15, -0.1) is 0 Å². The van der Waals surface area contributed by atoms with Gasteiger partial charge in [-0.25, -0.2) is 14.6 Å². The third kappa shape index (κ3) is 4.11. The number of fused-ring (bicyclic) bond motifs is 2. The summed E-state index contributed by atoms with van der Waals surface area (Å²) >= 11 is 1.37. The van der Waals surface area contributed by atoms with Crippen molar-refractivity contribution in [1.29, 1.82) is 0 Å². The van der Waals surface area contributed by atoms with Crippen LogP contribution in [0.3, 0.4) is 0 Å². The lowest BCUT2D eigenvalue weighted by molar-refractivity contribution is -0.119. The molecule has 2 aromatic heterocycles. The number of ether oxygens (including phenoxy) is 2. The lowest BCUT2D eigenvalue weighted by Gasteiger charge is -2.21. The Morgan fingerprint density at radius 2 is 1.94 bits per heavy atom. The second kappa shape index (κ2) is 8.88. The summed E-state index contributed by atoms with van der Waals surface area (Å²) in [5, 5.41) is 9.02. The Hall–Kier alpha value is -3.59. The van der Waals surface area contributed by atoms with Gasteiger partial charge in [-0.1, -0.05) is 36.0 Å². The topological polar surface area (TPSA) is 91.2 Å². The quantitative estimate of drug-likeness (QED) is 0.357. The molecule has 0 saturated carbocycles. The fourth-order valence-corrected chi connectivity index (χ4v) is 4.30. The van der Waals surface area contributed by atoms with Crippen LogP contribution in [0.15, 0.2) is 66.1 Å². The van der Waals surface area contributed by atoms with E-state index in [1.807, 2.05) is 55.5 Å². The molecule has 1 unspecified atom stereocenters. The summed E-state index contributed by atoms with van der Waals surface area (Å²) in [6.45, 7) is 3.03. The first-order valence-electron chi connectivity index (χ1n) is 10.2. The summed E-state index contributed by atoms with van der Waals surface area (Å²) < 4.78 is 13.0. The van der Waals surface area contributed by atoms with Crippen LogP contribution in [-0.4, -0.2) is 44.6 Å². The lowest BCUT2D eigenvalue weighted by Crippen LogP contribution is -2.28. The lowest BCUT2D eigenvalue weighted by atomic mass is 10.1. The molecule has 3 heterocycles. The first-order valence-corrected chi connectivity index (χ1v) is 11.2. The third-order valence-corrected chi connectivity index (χ3v) is 6.12. The van der Waals surface area contributed by atoms with Crippen LogP contribution in [0.1, 0.15) is 18.5 Å². The number of nitrogens with one attached hydrogen (secondary N) is 1. The highest BCUT2D eigenvalue weighted by molar-refractivity contribution is 8.00. The zero-order valence-corrected chi connectivity index (χ0v) is 18.2. The number of hydrogen-bond donors (Lipinski definition) is 1. The minimum absolute atomic E-state index is 0.0837. The predicted octanol–water partition coefficient (Wildman–Crippen LogP) is 3.56. The second-order valence-electron chi connectivity index (χ2n) is 7.29. The van der Waals surface area contributed by atoms with Crippen LogP contribution in [-0.2, 0) is 4.79 Å². The first-order chi connectivity index (χ1) is 15.7. The van der Waals surface area contributed by atoms with Crippen molar-refractivity contribution in [2.24, 2.45) is 0 Å². The van der Waals surface area contributed by atoms with Crippen LogP contribution in [0.25, 0.3) is 16.7 Å². The van der Waals surface area contributed by atoms with E-state index in [2.05, 4.69) is 20.4 Å². The van der Waals surface area contributed by atoms with Crippen molar-refractivity contribution < 1.29 is 14.3 Å². The highest BCUT2D eigenvalue weighted by Crippen LogP contribution is 2.32. The summed E-state index contributed by atoms with van der Waals surface area (Å²) in [7, 11) is 0. The Bertz CT molecular complexity index is 1260. The number of benzene rings is 2. The highest BCUT2D eigenvalue weighted by atomic mass is 32.2. The smallest absolute Gasteiger partial charge is 0.230 e. The van der Waals surface area contributed by atoms with Gasteiger partial charge in [0.25, 0.3) is 0 Å². The van der Waals surface area contributed by atoms with Gasteiger partial charge >= 0.3 is 0 Å². The summed E-state index contributed by atoms with van der Waals surface area (Å²) in [6.07, 6.45) is 3.24. The van der Waals surface area contributed by atoms with Crippen molar-refractivity contribution in [2.75, 3.05) is 19.0 Å². The van der Waals surface area contributed by atoms with E-state index >= 15 is 0 Å². The van der Waals surface area contributed by atoms with Crippen LogP contribution >= 0.6 is 11.8 Å². The monoisotopic (exact) mass is 447 g/mol. The van der Waals surface area contributed by atoms with Crippen molar-refractivity contribution in [3.8, 4) is 17.2 Å². The normalized spacial score (nSPS) is 13.7. The number of nitrogens with zero attached hydrogens (tertiary/aromatic N) is 4. The van der Waals surface area contributed by atoms with Crippen molar-refractivity contribution in [2.45, 2.75) is 18.0 Å². The van der Waals surface area contributed by atoms with Gasteiger partial charge in [-0.2, -0.15) is 5.10 Å². The molecule has 2 aromatic carbocycles. The Kier molecular flexibility index (Phi) is 5.64. The number of amides is 1. The van der Waals surface area contributed by atoms with Gasteiger partial charge in [-0.05, 0) is 36.8 Å². The SMILES string of the molecule is CC(NC(=O)CSc1ncnc2c1cnn2-c1ccccc1)c1ccc2c(c1)OCCO2. The number of carbonyl (C=O) groups excluding carboxylic acids is 1. The van der Waals surface area contributed by atoms with Crippen molar-refractivity contribution in [3.05, 3.63) is 66.6 Å². The van der Waals surface area contributed by atoms with Gasteiger partial charge in [0, 0.05) is 0 Å². The van der Waals surface area contributed by atoms with Gasteiger partial charge in [0.1, 0.15) is 24.6 Å². The molecule has 0 bridgehead atoms. The molecule has 32 heavy (non-hydrogen) atoms. The molecule has 0 fully saturated rings. The molecule has 1 N–H and O–H groups in total. The predicted molar refractivity (Wildman–Crippen MR) is 121 cm³/mol. The summed E-state index contributed by atoms with van der Waals surface area (Å²) in [5.74, 6) is 1.60. The molecule has 0 saturated heterocycles. The largest absolute Gasteiger partial charge is 0.486 e. The van der Waals surface area contributed by atoms with Gasteiger partial charge in [0.05, 0.1) is 29.1 Å². The van der Waals surface area contributed by atoms with E-state index in [1.165, 1.54) is 18.1 Å². The van der Waals surface area contributed by atoms with Gasteiger partial charge in [-0.3, -0.25) is 4.79 Å². The number of carbonyl (C=O) groups is 1. The average Bonchev–Trinajstić information content (AvgIpc) is 3.28. The van der Waals surface area contributed by atoms with Gasteiger partial charge in [0.15, 0.2) is 17.1 Å². The average molecular weight is 448 g/mol. The molecule has 9 heteroatoms. The minimum Gasteiger partial charge on any atom is -0.486 e. The van der Waals surface area contributed by atoms with E-state index in [-0.39, 0.29) is 17.7 Å². The number of aromatic nitrogens is 4. The van der Waals surface area contributed by atoms with E-state index in [4.69, 9.17) is 9.47 Å². The molecule has 162 valence electrons. The maximum atomic E-state index is 12.6. The van der Waals surface area contributed by atoms with E-state index in [9.17, 15) is 4.79 Å². The molecule has 0 radical (unpaired) electrons. The fraction of sp³-hybridized carbons (Fsp3) is 0.217. The van der Waals surface area contributed by atoms with Gasteiger partial charge in [0.2, 0.25) is 5.91 Å². The number of rotatable bonds is 6. The van der Waals surface area contributed by atoms with Gasteiger partial charge < -0.3 is 14.8 Å². The van der Waals surface area contributed by atoms with E-state index < -0.39 is 0 Å². The summed E-state index contributed by atoms with van der Waals surface area (Å²) in [5.41, 5.74) is 2.59. The number of thioether (sulfide) groups is 1. The molecule has 1 aliphatic rings. The Morgan fingerprint density at radius 1 is 1.12 bits per heavy atom. The first kappa shape index (κ1) is 20.3. The second-order valence-corrected chi connectivity index (χ2v) is 8.25. The zero-order chi connectivity index (χ0) is 21.9. The van der Waals surface area contributed by atoms with Crippen LogP contribution in [0.2, 0.25) is 0 Å². The van der Waals surface area contributed by atoms with E-state index in [0.717, 1.165) is 27.4 Å². The van der Waals surface area contributed by atoms with Crippen LogP contribution in [0.4, 0.5) is 0 Å². The zero-order valence-electron chi connectivity index (χ0n) is 17.4. The van der Waals surface area contributed by atoms with Crippen molar-refractivity contribution in [3.63, 3.8) is 0 Å². The molecule has 1 amide bonds. The summed E-state index contributed by atoms with van der Waals surface area (Å²) in [6, 6.07) is 15.4.